The molecular formula is C21H27N3S. The van der Waals surface area contributed by atoms with Crippen LogP contribution in [0.25, 0.3) is 10.9 Å². The lowest BCUT2D eigenvalue weighted by atomic mass is 10.2. The van der Waals surface area contributed by atoms with E-state index >= 15 is 0 Å². The second kappa shape index (κ2) is 8.45. The predicted molar refractivity (Wildman–Crippen MR) is 110 cm³/mol. The highest BCUT2D eigenvalue weighted by Crippen LogP contribution is 2.36. The fourth-order valence-corrected chi connectivity index (χ4v) is 4.16. The number of anilines is 1. The van der Waals surface area contributed by atoms with Crippen molar-refractivity contribution in [2.75, 3.05) is 31.1 Å². The molecule has 0 aliphatic carbocycles. The highest BCUT2D eigenvalue weighted by Gasteiger charge is 2.16. The number of rotatable bonds is 3. The number of hydrogen-bond donors (Lipinski definition) is 1. The van der Waals surface area contributed by atoms with Gasteiger partial charge >= 0.3 is 0 Å². The van der Waals surface area contributed by atoms with E-state index in [2.05, 4.69) is 76.4 Å². The van der Waals surface area contributed by atoms with E-state index in [1.165, 1.54) is 26.5 Å². The van der Waals surface area contributed by atoms with E-state index in [4.69, 9.17) is 0 Å². The second-order valence-electron chi connectivity index (χ2n) is 5.90. The summed E-state index contributed by atoms with van der Waals surface area (Å²) in [5, 5.41) is 6.07. The van der Waals surface area contributed by atoms with E-state index in [1.807, 2.05) is 25.6 Å². The van der Waals surface area contributed by atoms with Crippen molar-refractivity contribution in [3.63, 3.8) is 0 Å². The first-order chi connectivity index (χ1) is 12.3. The molecule has 0 amide bonds. The quantitative estimate of drug-likeness (QED) is 0.733. The molecule has 0 spiro atoms. The molecule has 0 atom stereocenters. The van der Waals surface area contributed by atoms with Crippen molar-refractivity contribution in [2.24, 2.45) is 7.05 Å². The van der Waals surface area contributed by atoms with Gasteiger partial charge in [0.05, 0.1) is 10.5 Å². The smallest absolute Gasteiger partial charge is 0.0805 e. The molecule has 1 aliphatic rings. The van der Waals surface area contributed by atoms with E-state index < -0.39 is 0 Å². The second-order valence-corrected chi connectivity index (χ2v) is 7.00. The van der Waals surface area contributed by atoms with Gasteiger partial charge in [0.2, 0.25) is 0 Å². The molecule has 25 heavy (non-hydrogen) atoms. The Bertz CT molecular complexity index is 805. The zero-order chi connectivity index (χ0) is 17.6. The number of hydrogen-bond acceptors (Lipinski definition) is 3. The van der Waals surface area contributed by atoms with Crippen LogP contribution in [0.3, 0.4) is 0 Å². The first kappa shape index (κ1) is 17.9. The topological polar surface area (TPSA) is 20.2 Å². The van der Waals surface area contributed by atoms with Crippen LogP contribution >= 0.6 is 11.8 Å². The largest absolute Gasteiger partial charge is 0.368 e. The molecule has 1 fully saturated rings. The van der Waals surface area contributed by atoms with Crippen molar-refractivity contribution in [3.05, 3.63) is 54.6 Å². The average Bonchev–Trinajstić information content (AvgIpc) is 3.01. The molecule has 1 N–H and O–H groups in total. The highest BCUT2D eigenvalue weighted by atomic mass is 32.2. The molecule has 0 radical (unpaired) electrons. The third-order valence-electron chi connectivity index (χ3n) is 4.44. The fraction of sp³-hybridized carbons (Fsp3) is 0.333. The van der Waals surface area contributed by atoms with Crippen molar-refractivity contribution in [3.8, 4) is 0 Å². The summed E-state index contributed by atoms with van der Waals surface area (Å²) >= 11 is 1.83. The van der Waals surface area contributed by atoms with Crippen molar-refractivity contribution in [1.82, 2.24) is 9.88 Å². The number of nitrogens with zero attached hydrogens (tertiary/aromatic N) is 2. The monoisotopic (exact) mass is 353 g/mol. The van der Waals surface area contributed by atoms with Gasteiger partial charge in [-0.15, -0.1) is 0 Å². The Hall–Kier alpha value is -1.91. The molecule has 4 rings (SSSR count). The number of nitrogens with one attached hydrogen (secondary N) is 1. The van der Waals surface area contributed by atoms with Gasteiger partial charge in [-0.05, 0) is 30.3 Å². The number of aryl methyl sites for hydroxylation is 1. The highest BCUT2D eigenvalue weighted by molar-refractivity contribution is 7.99. The van der Waals surface area contributed by atoms with E-state index in [1.54, 1.807) is 0 Å². The predicted octanol–water partition coefficient (Wildman–Crippen LogP) is 4.77. The van der Waals surface area contributed by atoms with Crippen LogP contribution in [-0.2, 0) is 7.05 Å². The molecule has 1 saturated heterocycles. The Morgan fingerprint density at radius 2 is 1.64 bits per heavy atom. The molecule has 1 aromatic heterocycles. The summed E-state index contributed by atoms with van der Waals surface area (Å²) in [5.74, 6) is 0. The van der Waals surface area contributed by atoms with Gasteiger partial charge in [-0.25, -0.2) is 0 Å². The van der Waals surface area contributed by atoms with Crippen LogP contribution in [0, 0.1) is 0 Å². The van der Waals surface area contributed by atoms with Gasteiger partial charge < -0.3 is 14.8 Å². The van der Waals surface area contributed by atoms with E-state index in [-0.39, 0.29) is 0 Å². The minimum absolute atomic E-state index is 1.06. The van der Waals surface area contributed by atoms with Gasteiger partial charge in [0.25, 0.3) is 0 Å². The molecule has 1 aliphatic heterocycles. The van der Waals surface area contributed by atoms with Crippen LogP contribution < -0.4 is 10.2 Å². The molecule has 3 nitrogen and oxygen atoms in total. The average molecular weight is 354 g/mol. The molecular weight excluding hydrogens is 326 g/mol. The number of benzene rings is 2. The third kappa shape index (κ3) is 3.86. The zero-order valence-corrected chi connectivity index (χ0v) is 16.1. The number of fused-ring (bicyclic) bond motifs is 1. The lowest BCUT2D eigenvalue weighted by molar-refractivity contribution is 0.590. The maximum Gasteiger partial charge on any atom is 0.0805 e. The Balaban J connectivity index is 0.000000880. The zero-order valence-electron chi connectivity index (χ0n) is 15.3. The van der Waals surface area contributed by atoms with Crippen LogP contribution in [0.2, 0.25) is 0 Å². The Morgan fingerprint density at radius 3 is 2.36 bits per heavy atom. The molecule has 3 aromatic rings. The maximum absolute atomic E-state index is 3.43. The third-order valence-corrected chi connectivity index (χ3v) is 5.55. The molecule has 0 bridgehead atoms. The van der Waals surface area contributed by atoms with Crippen LogP contribution in [0.1, 0.15) is 13.8 Å². The Kier molecular flexibility index (Phi) is 6.05. The molecule has 0 unspecified atom stereocenters. The first-order valence-corrected chi connectivity index (χ1v) is 9.91. The van der Waals surface area contributed by atoms with E-state index in [0.29, 0.717) is 0 Å². The molecule has 132 valence electrons. The van der Waals surface area contributed by atoms with Crippen LogP contribution in [-0.4, -0.2) is 30.7 Å². The summed E-state index contributed by atoms with van der Waals surface area (Å²) in [5.41, 5.74) is 2.67. The van der Waals surface area contributed by atoms with Crippen LogP contribution in [0.4, 0.5) is 5.69 Å². The first-order valence-electron chi connectivity index (χ1n) is 9.10. The van der Waals surface area contributed by atoms with Gasteiger partial charge in [-0.3, -0.25) is 0 Å². The van der Waals surface area contributed by atoms with Gasteiger partial charge in [0, 0.05) is 49.2 Å². The summed E-state index contributed by atoms with van der Waals surface area (Å²) in [6.45, 7) is 8.29. The van der Waals surface area contributed by atoms with E-state index in [0.717, 1.165) is 26.2 Å². The van der Waals surface area contributed by atoms with E-state index in [9.17, 15) is 0 Å². The Morgan fingerprint density at radius 1 is 0.920 bits per heavy atom. The molecule has 0 saturated carbocycles. The summed E-state index contributed by atoms with van der Waals surface area (Å²) in [6, 6.07) is 19.6. The molecule has 2 heterocycles. The van der Waals surface area contributed by atoms with Crippen molar-refractivity contribution >= 4 is 28.4 Å². The summed E-state index contributed by atoms with van der Waals surface area (Å²) in [4.78, 5) is 3.78. The number of aromatic nitrogens is 1. The lowest BCUT2D eigenvalue weighted by Crippen LogP contribution is -2.43. The molecule has 4 heteroatoms. The van der Waals surface area contributed by atoms with Gasteiger partial charge in [0.1, 0.15) is 0 Å². The van der Waals surface area contributed by atoms with Gasteiger partial charge in [-0.2, -0.15) is 0 Å². The maximum atomic E-state index is 3.43. The standard InChI is InChI=1S/C19H21N3S.C2H6/c1-21-17-8-5-9-18(22-12-10-20-11-13-22)16(17)14-19(21)23-15-6-3-2-4-7-15;1-2/h2-9,14,20H,10-13H2,1H3;1-2H3. The Labute approximate surface area is 155 Å². The summed E-state index contributed by atoms with van der Waals surface area (Å²) in [6.07, 6.45) is 0. The minimum Gasteiger partial charge on any atom is -0.368 e. The van der Waals surface area contributed by atoms with Crippen molar-refractivity contribution < 1.29 is 0 Å². The normalized spacial score (nSPS) is 14.3. The minimum atomic E-state index is 1.06. The van der Waals surface area contributed by atoms with Gasteiger partial charge in [-0.1, -0.05) is 49.9 Å². The lowest BCUT2D eigenvalue weighted by Gasteiger charge is -2.30. The summed E-state index contributed by atoms with van der Waals surface area (Å²) < 4.78 is 2.30. The number of piperazine rings is 1. The van der Waals surface area contributed by atoms with Crippen LogP contribution in [0.5, 0.6) is 0 Å². The summed E-state index contributed by atoms with van der Waals surface area (Å²) in [7, 11) is 2.16. The van der Waals surface area contributed by atoms with Gasteiger partial charge in [0.15, 0.2) is 0 Å². The van der Waals surface area contributed by atoms with Crippen molar-refractivity contribution in [2.45, 2.75) is 23.8 Å². The fourth-order valence-electron chi connectivity index (χ4n) is 3.21. The SMILES string of the molecule is CC.Cn1c(Sc2ccccc2)cc2c(N3CCNCC3)cccc21. The van der Waals surface area contributed by atoms with Crippen LogP contribution in [0.15, 0.2) is 64.5 Å². The molecule has 2 aromatic carbocycles. The van der Waals surface area contributed by atoms with Crippen molar-refractivity contribution in [1.29, 1.82) is 0 Å².